The number of amides is 6. The molecule has 2 aromatic rings. The number of carbonyl (C=O) groups is 4. The molecular weight excluding hydrogens is 907 g/mol. The number of ether oxygens (including phenoxy) is 4. The van der Waals surface area contributed by atoms with Crippen molar-refractivity contribution >= 4 is 58.5 Å². The maximum Gasteiger partial charge on any atom is 0.319 e. The summed E-state index contributed by atoms with van der Waals surface area (Å²) in [6, 6.07) is 6.10. The molecule has 376 valence electrons. The Bertz CT molecular complexity index is 1810. The van der Waals surface area contributed by atoms with Crippen LogP contribution >= 0.6 is 23.2 Å². The van der Waals surface area contributed by atoms with Crippen LogP contribution in [0.3, 0.4) is 0 Å². The molecular formula is C46H74Cl2N10O9. The summed E-state index contributed by atoms with van der Waals surface area (Å²) in [4.78, 5) is 63.0. The van der Waals surface area contributed by atoms with Crippen molar-refractivity contribution in [2.75, 3.05) is 132 Å². The van der Waals surface area contributed by atoms with Crippen LogP contribution in [0.15, 0.2) is 24.3 Å². The summed E-state index contributed by atoms with van der Waals surface area (Å²) in [6.07, 6.45) is 5.53. The van der Waals surface area contributed by atoms with Gasteiger partial charge < -0.3 is 66.1 Å². The second kappa shape index (κ2) is 26.9. The van der Waals surface area contributed by atoms with Crippen molar-refractivity contribution in [2.45, 2.75) is 76.7 Å². The number of nitrogens with two attached hydrogens (primary N) is 2. The first-order valence-electron chi connectivity index (χ1n) is 23.2. The molecule has 0 aliphatic carbocycles. The molecule has 0 radical (unpaired) electrons. The number of methoxy groups -OCH3 is 2. The SMILES string of the molecule is CCOC1CN(CCN(C)C(=O)N2CCCC2)CCC1NC(=O)c1cc(Cl)c(N)cc1OC.CCOC1CN(CCN(C)C(=O)N2CCCC2)CCC1NC(=O)c1cc(Cl)c(N)cc1OC.O. The minimum absolute atomic E-state index is 0. The van der Waals surface area contributed by atoms with E-state index < -0.39 is 0 Å². The zero-order valence-electron chi connectivity index (χ0n) is 40.1. The Labute approximate surface area is 405 Å². The van der Waals surface area contributed by atoms with Gasteiger partial charge >= 0.3 is 12.1 Å². The molecule has 4 heterocycles. The van der Waals surface area contributed by atoms with Gasteiger partial charge in [0.1, 0.15) is 11.5 Å². The van der Waals surface area contributed by atoms with Crippen LogP contribution in [0, 0.1) is 0 Å². The number of likely N-dealkylation sites (tertiary alicyclic amines) is 4. The van der Waals surface area contributed by atoms with E-state index >= 15 is 0 Å². The van der Waals surface area contributed by atoms with Crippen molar-refractivity contribution < 1.29 is 43.6 Å². The number of likely N-dealkylation sites (N-methyl/N-ethyl adjacent to an activating group) is 2. The molecule has 0 bridgehead atoms. The van der Waals surface area contributed by atoms with E-state index in [9.17, 15) is 19.2 Å². The highest BCUT2D eigenvalue weighted by molar-refractivity contribution is 6.34. The highest BCUT2D eigenvalue weighted by atomic mass is 35.5. The minimum Gasteiger partial charge on any atom is -0.496 e. The van der Waals surface area contributed by atoms with E-state index in [1.165, 1.54) is 26.4 Å². The Kier molecular flexibility index (Phi) is 22.1. The summed E-state index contributed by atoms with van der Waals surface area (Å²) in [5.41, 5.74) is 13.1. The molecule has 2 aromatic carbocycles. The van der Waals surface area contributed by atoms with Crippen LogP contribution in [0.2, 0.25) is 10.0 Å². The van der Waals surface area contributed by atoms with Gasteiger partial charge in [0, 0.05) is 118 Å². The molecule has 6 amide bonds. The molecule has 4 unspecified atom stereocenters. The van der Waals surface area contributed by atoms with Gasteiger partial charge in [0.15, 0.2) is 0 Å². The molecule has 19 nitrogen and oxygen atoms in total. The van der Waals surface area contributed by atoms with Gasteiger partial charge in [-0.3, -0.25) is 19.4 Å². The number of rotatable bonds is 16. The molecule has 4 fully saturated rings. The van der Waals surface area contributed by atoms with Crippen LogP contribution in [-0.4, -0.2) is 203 Å². The van der Waals surface area contributed by atoms with Gasteiger partial charge in [-0.15, -0.1) is 0 Å². The molecule has 0 aromatic heterocycles. The quantitative estimate of drug-likeness (QED) is 0.176. The number of urea groups is 2. The second-order valence-electron chi connectivity index (χ2n) is 17.3. The fourth-order valence-corrected chi connectivity index (χ4v) is 9.19. The highest BCUT2D eigenvalue weighted by Gasteiger charge is 2.34. The van der Waals surface area contributed by atoms with Crippen LogP contribution in [0.25, 0.3) is 0 Å². The predicted molar refractivity (Wildman–Crippen MR) is 262 cm³/mol. The average molecular weight is 982 g/mol. The largest absolute Gasteiger partial charge is 0.496 e. The van der Waals surface area contributed by atoms with Gasteiger partial charge in [-0.05, 0) is 64.5 Å². The van der Waals surface area contributed by atoms with E-state index in [2.05, 4.69) is 20.4 Å². The Hall–Kier alpha value is -4.50. The molecule has 21 heteroatoms. The highest BCUT2D eigenvalue weighted by Crippen LogP contribution is 2.31. The van der Waals surface area contributed by atoms with Crippen molar-refractivity contribution in [2.24, 2.45) is 0 Å². The fourth-order valence-electron chi connectivity index (χ4n) is 8.86. The zero-order chi connectivity index (χ0) is 47.9. The van der Waals surface area contributed by atoms with E-state index in [4.69, 9.17) is 53.6 Å². The van der Waals surface area contributed by atoms with Crippen LogP contribution < -0.4 is 31.6 Å². The van der Waals surface area contributed by atoms with Gasteiger partial charge in [-0.1, -0.05) is 23.2 Å². The summed E-state index contributed by atoms with van der Waals surface area (Å²) in [6.45, 7) is 14.2. The van der Waals surface area contributed by atoms with Gasteiger partial charge in [0.25, 0.3) is 11.8 Å². The molecule has 8 N–H and O–H groups in total. The number of nitrogen functional groups attached to an aromatic ring is 2. The van der Waals surface area contributed by atoms with Crippen molar-refractivity contribution in [1.82, 2.24) is 40.0 Å². The number of hydrogen-bond acceptors (Lipinski definition) is 12. The third-order valence-electron chi connectivity index (χ3n) is 12.7. The first kappa shape index (κ1) is 55.1. The van der Waals surface area contributed by atoms with E-state index in [0.29, 0.717) is 83.4 Å². The molecule has 67 heavy (non-hydrogen) atoms. The van der Waals surface area contributed by atoms with Crippen LogP contribution in [0.1, 0.15) is 73.1 Å². The second-order valence-corrected chi connectivity index (χ2v) is 18.1. The molecule has 0 spiro atoms. The predicted octanol–water partition coefficient (Wildman–Crippen LogP) is 3.75. The lowest BCUT2D eigenvalue weighted by atomic mass is 10.0. The summed E-state index contributed by atoms with van der Waals surface area (Å²) in [7, 11) is 6.70. The first-order valence-corrected chi connectivity index (χ1v) is 24.0. The number of halogens is 2. The van der Waals surface area contributed by atoms with Crippen molar-refractivity contribution in [1.29, 1.82) is 0 Å². The van der Waals surface area contributed by atoms with Gasteiger partial charge in [0.05, 0.1) is 71.1 Å². The van der Waals surface area contributed by atoms with Gasteiger partial charge in [-0.2, -0.15) is 0 Å². The number of hydrogen-bond donors (Lipinski definition) is 4. The third kappa shape index (κ3) is 15.2. The Morgan fingerprint density at radius 1 is 0.642 bits per heavy atom. The van der Waals surface area contributed by atoms with Crippen molar-refractivity contribution in [3.05, 3.63) is 45.4 Å². The minimum atomic E-state index is -0.271. The number of piperidine rings is 2. The zero-order valence-corrected chi connectivity index (χ0v) is 41.6. The number of anilines is 2. The van der Waals surface area contributed by atoms with Crippen LogP contribution in [0.5, 0.6) is 11.5 Å². The molecule has 4 aliphatic heterocycles. The van der Waals surface area contributed by atoms with Gasteiger partial charge in [0.2, 0.25) is 0 Å². The number of benzene rings is 2. The summed E-state index contributed by atoms with van der Waals surface area (Å²) >= 11 is 12.3. The first-order chi connectivity index (χ1) is 31.7. The van der Waals surface area contributed by atoms with E-state index in [1.807, 2.05) is 37.7 Å². The van der Waals surface area contributed by atoms with E-state index in [0.717, 1.165) is 90.9 Å². The molecule has 4 saturated heterocycles. The maximum atomic E-state index is 13.0. The lowest BCUT2D eigenvalue weighted by Crippen LogP contribution is -2.56. The Balaban J connectivity index is 0.000000288. The van der Waals surface area contributed by atoms with Crippen LogP contribution in [-0.2, 0) is 9.47 Å². The van der Waals surface area contributed by atoms with Crippen LogP contribution in [0.4, 0.5) is 21.0 Å². The molecule has 0 saturated carbocycles. The Morgan fingerprint density at radius 3 is 1.33 bits per heavy atom. The number of nitrogens with one attached hydrogen (secondary N) is 2. The van der Waals surface area contributed by atoms with E-state index in [1.54, 1.807) is 21.9 Å². The van der Waals surface area contributed by atoms with Crippen molar-refractivity contribution in [3.8, 4) is 11.5 Å². The maximum absolute atomic E-state index is 13.0. The topological polar surface area (TPSA) is 232 Å². The standard InChI is InChI=1S/2C23H36ClN5O4.H2O/c2*1-4-33-21-15-28(12-11-27(2)23(31)29-8-5-6-9-29)10-7-19(21)26-22(30)16-13-17(24)18(25)14-20(16)32-3;/h2*13-14,19,21H,4-12,15,25H2,1-3H3,(H,26,30);1H2. The molecule has 6 rings (SSSR count). The average Bonchev–Trinajstić information content (AvgIpc) is 4.07. The molecule has 4 aliphatic rings. The van der Waals surface area contributed by atoms with Crippen molar-refractivity contribution in [3.63, 3.8) is 0 Å². The number of nitrogens with zero attached hydrogens (tertiary/aromatic N) is 6. The smallest absolute Gasteiger partial charge is 0.319 e. The Morgan fingerprint density at radius 2 is 1.00 bits per heavy atom. The molecule has 4 atom stereocenters. The summed E-state index contributed by atoms with van der Waals surface area (Å²) in [5, 5.41) is 6.80. The normalized spacial score (nSPS) is 20.8. The lowest BCUT2D eigenvalue weighted by Gasteiger charge is -2.39. The van der Waals surface area contributed by atoms with E-state index in [-0.39, 0.29) is 53.6 Å². The summed E-state index contributed by atoms with van der Waals surface area (Å²) < 4.78 is 22.6. The number of carbonyl (C=O) groups excluding carboxylic acids is 4. The van der Waals surface area contributed by atoms with Gasteiger partial charge in [-0.25, -0.2) is 9.59 Å². The lowest BCUT2D eigenvalue weighted by molar-refractivity contribution is -0.0164. The monoisotopic (exact) mass is 981 g/mol. The third-order valence-corrected chi connectivity index (χ3v) is 13.4. The fraction of sp³-hybridized carbons (Fsp3) is 0.652. The summed E-state index contributed by atoms with van der Waals surface area (Å²) in [5.74, 6) is 0.219.